The van der Waals surface area contributed by atoms with Crippen molar-refractivity contribution in [2.75, 3.05) is 7.11 Å². The summed E-state index contributed by atoms with van der Waals surface area (Å²) >= 11 is 0. The van der Waals surface area contributed by atoms with E-state index in [9.17, 15) is 0 Å². The van der Waals surface area contributed by atoms with Gasteiger partial charge >= 0.3 is 0 Å². The third kappa shape index (κ3) is 17.7. The molecule has 0 rings (SSSR count). The van der Waals surface area contributed by atoms with Crippen LogP contribution in [0.5, 0.6) is 0 Å². The summed E-state index contributed by atoms with van der Waals surface area (Å²) in [6, 6.07) is 0. The van der Waals surface area contributed by atoms with Crippen LogP contribution in [0.1, 0.15) is 33.6 Å². The van der Waals surface area contributed by atoms with Crippen molar-refractivity contribution in [2.45, 2.75) is 46.0 Å². The highest BCUT2D eigenvalue weighted by atomic mass is 16.6. The summed E-state index contributed by atoms with van der Waals surface area (Å²) in [5, 5.41) is 16.8. The number of aliphatic hydroxyl groups is 2. The van der Waals surface area contributed by atoms with Gasteiger partial charge in [-0.25, -0.2) is 0 Å². The number of methoxy groups -OCH3 is 1. The van der Waals surface area contributed by atoms with Crippen molar-refractivity contribution in [3.8, 4) is 0 Å². The fraction of sp³-hybridized carbons (Fsp3) is 1.00. The summed E-state index contributed by atoms with van der Waals surface area (Å²) in [5.74, 6) is 0. The zero-order chi connectivity index (χ0) is 9.28. The van der Waals surface area contributed by atoms with Crippen LogP contribution in [-0.4, -0.2) is 29.7 Å². The van der Waals surface area contributed by atoms with E-state index in [2.05, 4.69) is 4.74 Å². The Bertz CT molecular complexity index is 60.4. The van der Waals surface area contributed by atoms with E-state index in [1.807, 2.05) is 13.8 Å². The standard InChI is InChI=1S/C4H10O2.C4H10O/c1-3-4(5)6-2;1-3-4(2)5/h4-5H,3H2,1-2H3;4-5H,3H2,1-2H3. The average Bonchev–Trinajstić information content (AvgIpc) is 2.04. The van der Waals surface area contributed by atoms with Gasteiger partial charge in [-0.1, -0.05) is 13.8 Å². The van der Waals surface area contributed by atoms with Crippen LogP contribution in [0, 0.1) is 0 Å². The zero-order valence-electron chi connectivity index (χ0n) is 7.87. The molecule has 2 N–H and O–H groups in total. The Labute approximate surface area is 69.0 Å². The maximum Gasteiger partial charge on any atom is 0.153 e. The molecule has 2 atom stereocenters. The molecule has 70 valence electrons. The van der Waals surface area contributed by atoms with Crippen LogP contribution in [0.3, 0.4) is 0 Å². The number of rotatable bonds is 3. The molecule has 0 amide bonds. The summed E-state index contributed by atoms with van der Waals surface area (Å²) in [7, 11) is 1.48. The lowest BCUT2D eigenvalue weighted by Crippen LogP contribution is -2.05. The SMILES string of the molecule is CCC(C)O.CCC(O)OC. The molecule has 0 aromatic rings. The van der Waals surface area contributed by atoms with Gasteiger partial charge in [-0.2, -0.15) is 0 Å². The number of ether oxygens (including phenoxy) is 1. The van der Waals surface area contributed by atoms with Crippen LogP contribution in [-0.2, 0) is 4.74 Å². The first-order valence-corrected chi connectivity index (χ1v) is 3.97. The molecule has 0 aliphatic carbocycles. The Kier molecular flexibility index (Phi) is 12.1. The Morgan fingerprint density at radius 2 is 1.55 bits per heavy atom. The van der Waals surface area contributed by atoms with Crippen molar-refractivity contribution in [3.63, 3.8) is 0 Å². The molecule has 11 heavy (non-hydrogen) atoms. The first kappa shape index (κ1) is 13.5. The molecule has 3 heteroatoms. The topological polar surface area (TPSA) is 49.7 Å². The van der Waals surface area contributed by atoms with Gasteiger partial charge in [0.25, 0.3) is 0 Å². The number of hydrogen-bond donors (Lipinski definition) is 2. The fourth-order valence-electron chi connectivity index (χ4n) is 0.167. The molecule has 0 aromatic carbocycles. The lowest BCUT2D eigenvalue weighted by molar-refractivity contribution is -0.0748. The van der Waals surface area contributed by atoms with Gasteiger partial charge in [-0.05, 0) is 19.8 Å². The van der Waals surface area contributed by atoms with Crippen LogP contribution in [0.15, 0.2) is 0 Å². The van der Waals surface area contributed by atoms with Crippen molar-refractivity contribution >= 4 is 0 Å². The maximum absolute atomic E-state index is 8.44. The van der Waals surface area contributed by atoms with E-state index in [-0.39, 0.29) is 6.10 Å². The second-order valence-electron chi connectivity index (χ2n) is 2.36. The van der Waals surface area contributed by atoms with Crippen LogP contribution in [0.25, 0.3) is 0 Å². The molecule has 2 unspecified atom stereocenters. The molecule has 0 bridgehead atoms. The van der Waals surface area contributed by atoms with E-state index in [1.165, 1.54) is 7.11 Å². The lowest BCUT2D eigenvalue weighted by atomic mass is 10.3. The quantitative estimate of drug-likeness (QED) is 0.615. The van der Waals surface area contributed by atoms with E-state index in [4.69, 9.17) is 10.2 Å². The van der Waals surface area contributed by atoms with Crippen molar-refractivity contribution in [1.29, 1.82) is 0 Å². The van der Waals surface area contributed by atoms with Gasteiger partial charge in [-0.15, -0.1) is 0 Å². The minimum Gasteiger partial charge on any atom is -0.393 e. The number of hydrogen-bond acceptors (Lipinski definition) is 3. The van der Waals surface area contributed by atoms with E-state index in [0.717, 1.165) is 6.42 Å². The van der Waals surface area contributed by atoms with Gasteiger partial charge in [-0.3, -0.25) is 0 Å². The minimum atomic E-state index is -0.565. The highest BCUT2D eigenvalue weighted by Crippen LogP contribution is 1.85. The van der Waals surface area contributed by atoms with Gasteiger partial charge in [0.05, 0.1) is 6.10 Å². The number of aliphatic hydroxyl groups excluding tert-OH is 2. The Hall–Kier alpha value is -0.120. The monoisotopic (exact) mass is 164 g/mol. The Morgan fingerprint density at radius 1 is 1.18 bits per heavy atom. The predicted molar refractivity (Wildman–Crippen MR) is 45.3 cm³/mol. The summed E-state index contributed by atoms with van der Waals surface area (Å²) in [6.07, 6.45) is 0.844. The van der Waals surface area contributed by atoms with Gasteiger partial charge in [0.2, 0.25) is 0 Å². The molecular weight excluding hydrogens is 144 g/mol. The Balaban J connectivity index is 0. The molecule has 0 aliphatic heterocycles. The smallest absolute Gasteiger partial charge is 0.153 e. The van der Waals surface area contributed by atoms with Crippen LogP contribution in [0.2, 0.25) is 0 Å². The van der Waals surface area contributed by atoms with E-state index in [1.54, 1.807) is 6.92 Å². The molecule has 0 saturated carbocycles. The first-order valence-electron chi connectivity index (χ1n) is 3.97. The third-order valence-electron chi connectivity index (χ3n) is 1.21. The van der Waals surface area contributed by atoms with Gasteiger partial charge in [0.1, 0.15) is 0 Å². The van der Waals surface area contributed by atoms with Gasteiger partial charge < -0.3 is 14.9 Å². The van der Waals surface area contributed by atoms with Crippen molar-refractivity contribution < 1.29 is 14.9 Å². The Morgan fingerprint density at radius 3 is 1.55 bits per heavy atom. The fourth-order valence-corrected chi connectivity index (χ4v) is 0.167. The second-order valence-corrected chi connectivity index (χ2v) is 2.36. The molecule has 0 aliphatic rings. The molecule has 0 heterocycles. The summed E-state index contributed by atoms with van der Waals surface area (Å²) in [6.45, 7) is 5.58. The summed E-state index contributed by atoms with van der Waals surface area (Å²) < 4.78 is 4.45. The molecule has 0 radical (unpaired) electrons. The van der Waals surface area contributed by atoms with Gasteiger partial charge in [0.15, 0.2) is 6.29 Å². The highest BCUT2D eigenvalue weighted by molar-refractivity contribution is 4.34. The second kappa shape index (κ2) is 9.88. The third-order valence-corrected chi connectivity index (χ3v) is 1.21. The summed E-state index contributed by atoms with van der Waals surface area (Å²) in [5.41, 5.74) is 0. The average molecular weight is 164 g/mol. The van der Waals surface area contributed by atoms with Crippen molar-refractivity contribution in [1.82, 2.24) is 0 Å². The highest BCUT2D eigenvalue weighted by Gasteiger charge is 1.90. The minimum absolute atomic E-state index is 0.116. The normalized spacial score (nSPS) is 14.7. The molecular formula is C8H20O3. The van der Waals surface area contributed by atoms with E-state index < -0.39 is 6.29 Å². The van der Waals surface area contributed by atoms with E-state index >= 15 is 0 Å². The lowest BCUT2D eigenvalue weighted by Gasteiger charge is -2.00. The van der Waals surface area contributed by atoms with E-state index in [0.29, 0.717) is 6.42 Å². The molecule has 0 fully saturated rings. The van der Waals surface area contributed by atoms with Crippen LogP contribution < -0.4 is 0 Å². The zero-order valence-corrected chi connectivity index (χ0v) is 7.87. The summed E-state index contributed by atoms with van der Waals surface area (Å²) in [4.78, 5) is 0. The van der Waals surface area contributed by atoms with Crippen molar-refractivity contribution in [2.24, 2.45) is 0 Å². The molecule has 0 aromatic heterocycles. The van der Waals surface area contributed by atoms with Crippen molar-refractivity contribution in [3.05, 3.63) is 0 Å². The first-order chi connectivity index (χ1) is 5.08. The largest absolute Gasteiger partial charge is 0.393 e. The predicted octanol–water partition coefficient (Wildman–Crippen LogP) is 1.14. The molecule has 0 spiro atoms. The molecule has 3 nitrogen and oxygen atoms in total. The van der Waals surface area contributed by atoms with Crippen LogP contribution >= 0.6 is 0 Å². The molecule has 0 saturated heterocycles. The maximum atomic E-state index is 8.44. The van der Waals surface area contributed by atoms with Gasteiger partial charge in [0, 0.05) is 7.11 Å². The van der Waals surface area contributed by atoms with Crippen LogP contribution in [0.4, 0.5) is 0 Å².